The van der Waals surface area contributed by atoms with E-state index in [-0.39, 0.29) is 17.7 Å². The molecule has 1 aromatic heterocycles. The van der Waals surface area contributed by atoms with E-state index in [0.717, 1.165) is 28.8 Å². The third-order valence-corrected chi connectivity index (χ3v) is 4.71. The molecule has 2 aromatic carbocycles. The van der Waals surface area contributed by atoms with Crippen molar-refractivity contribution in [1.82, 2.24) is 10.2 Å². The molecule has 3 aromatic rings. The highest BCUT2D eigenvalue weighted by Gasteiger charge is 2.17. The van der Waals surface area contributed by atoms with Gasteiger partial charge in [0.1, 0.15) is 0 Å². The zero-order chi connectivity index (χ0) is 20.8. The van der Waals surface area contributed by atoms with E-state index in [2.05, 4.69) is 27.4 Å². The Hall–Kier alpha value is -3.67. The summed E-state index contributed by atoms with van der Waals surface area (Å²) in [6.45, 7) is 7.34. The van der Waals surface area contributed by atoms with Crippen molar-refractivity contribution in [3.05, 3.63) is 78.5 Å². The van der Waals surface area contributed by atoms with Crippen molar-refractivity contribution in [3.8, 4) is 11.1 Å². The van der Waals surface area contributed by atoms with Crippen molar-refractivity contribution < 1.29 is 9.59 Å². The standard InChI is InChI=1S/C23H24N4O2/c1-4-19-14-21(27-26-19)25-23(29)15(3)17-7-6-8-18(13-17)16-9-11-20(12-10-16)24-22(28)5-2/h5-15H,2,4H2,1,3H3,(H,24,28)(H2,25,26,27,29). The minimum atomic E-state index is -0.331. The molecule has 0 radical (unpaired) electrons. The van der Waals surface area contributed by atoms with Gasteiger partial charge in [-0.3, -0.25) is 14.7 Å². The van der Waals surface area contributed by atoms with Crippen LogP contribution in [-0.2, 0) is 16.0 Å². The SMILES string of the molecule is C=CC(=O)Nc1ccc(-c2cccc(C(C)C(=O)Nc3cc(CC)[nH]n3)c2)cc1. The van der Waals surface area contributed by atoms with Gasteiger partial charge in [0, 0.05) is 17.4 Å². The monoisotopic (exact) mass is 388 g/mol. The molecule has 0 saturated carbocycles. The third-order valence-electron chi connectivity index (χ3n) is 4.71. The van der Waals surface area contributed by atoms with Gasteiger partial charge >= 0.3 is 0 Å². The van der Waals surface area contributed by atoms with Crippen molar-refractivity contribution in [3.63, 3.8) is 0 Å². The van der Waals surface area contributed by atoms with Crippen molar-refractivity contribution >= 4 is 23.3 Å². The Balaban J connectivity index is 1.73. The third kappa shape index (κ3) is 4.99. The van der Waals surface area contributed by atoms with Crippen LogP contribution < -0.4 is 10.6 Å². The van der Waals surface area contributed by atoms with Gasteiger partial charge in [0.15, 0.2) is 5.82 Å². The number of rotatable bonds is 7. The minimum absolute atomic E-state index is 0.112. The summed E-state index contributed by atoms with van der Waals surface area (Å²) in [7, 11) is 0. The normalized spacial score (nSPS) is 11.5. The number of aryl methyl sites for hydroxylation is 1. The molecule has 0 bridgehead atoms. The lowest BCUT2D eigenvalue weighted by Crippen LogP contribution is -2.19. The molecular formula is C23H24N4O2. The van der Waals surface area contributed by atoms with Gasteiger partial charge in [-0.05, 0) is 48.2 Å². The fourth-order valence-electron chi connectivity index (χ4n) is 2.92. The lowest BCUT2D eigenvalue weighted by molar-refractivity contribution is -0.117. The molecule has 0 aliphatic heterocycles. The highest BCUT2D eigenvalue weighted by atomic mass is 16.2. The lowest BCUT2D eigenvalue weighted by atomic mass is 9.95. The van der Waals surface area contributed by atoms with Gasteiger partial charge in [0.25, 0.3) is 0 Å². The van der Waals surface area contributed by atoms with Crippen LogP contribution in [0, 0.1) is 0 Å². The Morgan fingerprint density at radius 1 is 1.10 bits per heavy atom. The summed E-state index contributed by atoms with van der Waals surface area (Å²) in [5, 5.41) is 12.6. The Morgan fingerprint density at radius 2 is 1.86 bits per heavy atom. The Kier molecular flexibility index (Phi) is 6.24. The lowest BCUT2D eigenvalue weighted by Gasteiger charge is -2.13. The van der Waals surface area contributed by atoms with Crippen LogP contribution in [0.1, 0.15) is 31.0 Å². The summed E-state index contributed by atoms with van der Waals surface area (Å²) in [6.07, 6.45) is 2.06. The summed E-state index contributed by atoms with van der Waals surface area (Å²) in [5.41, 5.74) is 4.58. The fraction of sp³-hybridized carbons (Fsp3) is 0.174. The molecule has 3 rings (SSSR count). The number of hydrogen-bond donors (Lipinski definition) is 3. The van der Waals surface area contributed by atoms with Crippen LogP contribution in [-0.4, -0.2) is 22.0 Å². The van der Waals surface area contributed by atoms with E-state index in [9.17, 15) is 9.59 Å². The van der Waals surface area contributed by atoms with Crippen molar-refractivity contribution in [1.29, 1.82) is 0 Å². The number of amides is 2. The summed E-state index contributed by atoms with van der Waals surface area (Å²) < 4.78 is 0. The quantitative estimate of drug-likeness (QED) is 0.521. The number of H-pyrrole nitrogens is 1. The second-order valence-electron chi connectivity index (χ2n) is 6.74. The molecular weight excluding hydrogens is 364 g/mol. The summed E-state index contributed by atoms with van der Waals surface area (Å²) in [6, 6.07) is 17.2. The summed E-state index contributed by atoms with van der Waals surface area (Å²) >= 11 is 0. The molecule has 2 amide bonds. The first-order valence-electron chi connectivity index (χ1n) is 9.49. The molecule has 0 fully saturated rings. The summed E-state index contributed by atoms with van der Waals surface area (Å²) in [5.74, 6) is -0.156. The van der Waals surface area contributed by atoms with Crippen LogP contribution in [0.5, 0.6) is 0 Å². The topological polar surface area (TPSA) is 86.9 Å². The number of carbonyl (C=O) groups excluding carboxylic acids is 2. The number of benzene rings is 2. The zero-order valence-electron chi connectivity index (χ0n) is 16.5. The fourth-order valence-corrected chi connectivity index (χ4v) is 2.92. The average Bonchev–Trinajstić information content (AvgIpc) is 3.21. The van der Waals surface area contributed by atoms with E-state index >= 15 is 0 Å². The summed E-state index contributed by atoms with van der Waals surface area (Å²) in [4.78, 5) is 24.0. The number of aromatic amines is 1. The molecule has 148 valence electrons. The van der Waals surface area contributed by atoms with E-state index in [1.807, 2.05) is 68.4 Å². The number of carbonyl (C=O) groups is 2. The maximum Gasteiger partial charge on any atom is 0.247 e. The van der Waals surface area contributed by atoms with Crippen LogP contribution in [0.4, 0.5) is 11.5 Å². The number of aromatic nitrogens is 2. The molecule has 6 nitrogen and oxygen atoms in total. The largest absolute Gasteiger partial charge is 0.323 e. The van der Waals surface area contributed by atoms with Gasteiger partial charge in [0.05, 0.1) is 5.92 Å². The Morgan fingerprint density at radius 3 is 2.52 bits per heavy atom. The number of nitrogens with one attached hydrogen (secondary N) is 3. The molecule has 6 heteroatoms. The van der Waals surface area contributed by atoms with Gasteiger partial charge in [-0.15, -0.1) is 0 Å². The van der Waals surface area contributed by atoms with Crippen LogP contribution in [0.2, 0.25) is 0 Å². The maximum absolute atomic E-state index is 12.6. The molecule has 3 N–H and O–H groups in total. The van der Waals surface area contributed by atoms with Gasteiger partial charge < -0.3 is 10.6 Å². The molecule has 0 aliphatic rings. The molecule has 29 heavy (non-hydrogen) atoms. The smallest absolute Gasteiger partial charge is 0.247 e. The predicted molar refractivity (Wildman–Crippen MR) is 116 cm³/mol. The minimum Gasteiger partial charge on any atom is -0.323 e. The van der Waals surface area contributed by atoms with Crippen LogP contribution in [0.25, 0.3) is 11.1 Å². The predicted octanol–water partition coefficient (Wildman–Crippen LogP) is 4.51. The van der Waals surface area contributed by atoms with E-state index < -0.39 is 0 Å². The van der Waals surface area contributed by atoms with Crippen LogP contribution in [0.15, 0.2) is 67.3 Å². The second-order valence-corrected chi connectivity index (χ2v) is 6.74. The number of anilines is 2. The van der Waals surface area contributed by atoms with E-state index in [4.69, 9.17) is 0 Å². The highest BCUT2D eigenvalue weighted by Crippen LogP contribution is 2.26. The molecule has 0 aliphatic carbocycles. The number of hydrogen-bond acceptors (Lipinski definition) is 3. The van der Waals surface area contributed by atoms with Crippen LogP contribution >= 0.6 is 0 Å². The van der Waals surface area contributed by atoms with Crippen molar-refractivity contribution in [2.24, 2.45) is 0 Å². The Labute approximate surface area is 170 Å². The average molecular weight is 388 g/mol. The second kappa shape index (κ2) is 9.01. The van der Waals surface area contributed by atoms with Gasteiger partial charge in [0.2, 0.25) is 11.8 Å². The van der Waals surface area contributed by atoms with Gasteiger partial charge in [-0.25, -0.2) is 0 Å². The molecule has 1 unspecified atom stereocenters. The van der Waals surface area contributed by atoms with E-state index in [1.165, 1.54) is 6.08 Å². The van der Waals surface area contributed by atoms with Gasteiger partial charge in [-0.2, -0.15) is 5.10 Å². The molecule has 0 spiro atoms. The Bertz CT molecular complexity index is 1020. The van der Waals surface area contributed by atoms with Crippen molar-refractivity contribution in [2.45, 2.75) is 26.2 Å². The van der Waals surface area contributed by atoms with Crippen molar-refractivity contribution in [2.75, 3.05) is 10.6 Å². The number of nitrogens with zero attached hydrogens (tertiary/aromatic N) is 1. The van der Waals surface area contributed by atoms with Crippen LogP contribution in [0.3, 0.4) is 0 Å². The maximum atomic E-state index is 12.6. The molecule has 1 heterocycles. The first kappa shape index (κ1) is 20.1. The molecule has 0 saturated heterocycles. The van der Waals surface area contributed by atoms with Gasteiger partial charge in [-0.1, -0.05) is 49.9 Å². The first-order chi connectivity index (χ1) is 14.0. The highest BCUT2D eigenvalue weighted by molar-refractivity contribution is 5.99. The van der Waals surface area contributed by atoms with E-state index in [0.29, 0.717) is 11.5 Å². The first-order valence-corrected chi connectivity index (χ1v) is 9.49. The zero-order valence-corrected chi connectivity index (χ0v) is 16.5. The molecule has 1 atom stereocenters. The van der Waals surface area contributed by atoms with E-state index in [1.54, 1.807) is 0 Å².